The van der Waals surface area contributed by atoms with E-state index in [0.29, 0.717) is 0 Å². The molecule has 0 unspecified atom stereocenters. The standard InChI is InChI=1S/Ca.4ClH.K.Mg.2Na.H3O4P/c;;;;;;;;;1-5(2,3)4/h;4*1H;;;;;(H3,1,2,3,4)/q+2;;;;;+1;+2;2*+1;/p-7. The fraction of sp³-hybridized carbons (Fsp3) is 0. The van der Waals surface area contributed by atoms with Crippen molar-refractivity contribution in [3.05, 3.63) is 0 Å². The first-order valence-corrected chi connectivity index (χ1v) is 2.19. The number of halogens is 4. The molecule has 0 aliphatic heterocycles. The van der Waals surface area contributed by atoms with Crippen LogP contribution in [0.3, 0.4) is 0 Å². The van der Waals surface area contributed by atoms with Crippen LogP contribution in [0.25, 0.3) is 0 Å². The van der Waals surface area contributed by atoms with Crippen LogP contribution in [0.1, 0.15) is 0 Å². The second kappa shape index (κ2) is 42.7. The van der Waals surface area contributed by atoms with E-state index in [9.17, 15) is 0 Å². The molecule has 0 N–H and O–H groups in total. The first-order chi connectivity index (χ1) is 2.00. The third-order valence-electron chi connectivity index (χ3n) is 0. The third kappa shape index (κ3) is 127. The SMILES string of the molecule is O=P([O-])([O-])[O-].[Ca+2].[Cl-].[Cl-].[Cl-].[Cl-].[K+].[Mg+2].[Na+].[Na+]. The van der Waals surface area contributed by atoms with Crippen LogP contribution in [0, 0.1) is 0 Å². The molecule has 4 nitrogen and oxygen atoms in total. The Labute approximate surface area is 241 Å². The van der Waals surface area contributed by atoms with E-state index in [2.05, 4.69) is 0 Å². The number of hydrogen-bond acceptors (Lipinski definition) is 4. The summed E-state index contributed by atoms with van der Waals surface area (Å²) in [6, 6.07) is 0. The van der Waals surface area contributed by atoms with Crippen molar-refractivity contribution >= 4 is 68.6 Å². The Morgan fingerprint density at radius 3 is 0.786 bits per heavy atom. The van der Waals surface area contributed by atoms with Gasteiger partial charge in [-0.05, 0) is 0 Å². The Morgan fingerprint density at radius 1 is 0.786 bits per heavy atom. The molecule has 0 aromatic rings. The monoisotopic (exact) mass is 384 g/mol. The van der Waals surface area contributed by atoms with Crippen LogP contribution in [0.15, 0.2) is 0 Å². The van der Waals surface area contributed by atoms with Gasteiger partial charge in [0.2, 0.25) is 0 Å². The van der Waals surface area contributed by atoms with Crippen molar-refractivity contribution in [2.75, 3.05) is 0 Å². The predicted molar refractivity (Wildman–Crippen MR) is 19.1 cm³/mol. The predicted octanol–water partition coefficient (Wildman–Crippen LogP) is -24.6. The van der Waals surface area contributed by atoms with Gasteiger partial charge in [-0.1, -0.05) is 0 Å². The van der Waals surface area contributed by atoms with Crippen LogP contribution >= 0.6 is 7.82 Å². The first kappa shape index (κ1) is 69.6. The summed E-state index contributed by atoms with van der Waals surface area (Å²) in [5.74, 6) is 0. The van der Waals surface area contributed by atoms with E-state index in [1.54, 1.807) is 0 Å². The van der Waals surface area contributed by atoms with Gasteiger partial charge >= 0.3 is 171 Å². The minimum absolute atomic E-state index is 0. The fourth-order valence-electron chi connectivity index (χ4n) is 0. The minimum Gasteiger partial charge on any atom is -1.00 e. The Morgan fingerprint density at radius 2 is 0.786 bits per heavy atom. The van der Waals surface area contributed by atoms with Crippen molar-refractivity contribution in [2.45, 2.75) is 0 Å². The van der Waals surface area contributed by atoms with Gasteiger partial charge in [0.1, 0.15) is 0 Å². The average molecular weight is 386 g/mol. The molecule has 0 radical (unpaired) electrons. The molecule has 0 heterocycles. The Balaban J connectivity index is -0.00000000222. The maximum Gasteiger partial charge on any atom is 2.00 e. The molecule has 0 saturated heterocycles. The quantitative estimate of drug-likeness (QED) is 0.306. The van der Waals surface area contributed by atoms with Gasteiger partial charge in [0.25, 0.3) is 0 Å². The number of rotatable bonds is 0. The average Bonchev–Trinajstić information content (AvgIpc) is 0.722. The number of hydrogen-bond donors (Lipinski definition) is 0. The molecule has 0 amide bonds. The van der Waals surface area contributed by atoms with Gasteiger partial charge < -0.3 is 68.9 Å². The Kier molecular flexibility index (Phi) is 212. The largest absolute Gasteiger partial charge is 2.00 e. The topological polar surface area (TPSA) is 86.2 Å². The molecular formula is CaCl4KMgNa2O4P. The van der Waals surface area contributed by atoms with E-state index in [1.165, 1.54) is 0 Å². The van der Waals surface area contributed by atoms with Crippen LogP contribution < -0.4 is 175 Å². The summed E-state index contributed by atoms with van der Waals surface area (Å²) in [7, 11) is -5.39. The van der Waals surface area contributed by atoms with Crippen molar-refractivity contribution in [1.82, 2.24) is 0 Å². The second-order valence-electron chi connectivity index (χ2n) is 0.447. The first-order valence-electron chi connectivity index (χ1n) is 0.730. The molecule has 64 valence electrons. The van der Waals surface area contributed by atoms with Crippen LogP contribution in [0.5, 0.6) is 0 Å². The van der Waals surface area contributed by atoms with E-state index in [1.807, 2.05) is 0 Å². The zero-order valence-electron chi connectivity index (χ0n) is 8.01. The number of phosphoric acid groups is 1. The summed E-state index contributed by atoms with van der Waals surface area (Å²) in [5.41, 5.74) is 0. The Hall–Kier alpha value is 6.93. The van der Waals surface area contributed by atoms with Gasteiger partial charge in [0.15, 0.2) is 0 Å². The van der Waals surface area contributed by atoms with Crippen LogP contribution in [0.2, 0.25) is 0 Å². The molecule has 0 rings (SSSR count). The summed E-state index contributed by atoms with van der Waals surface area (Å²) in [4.78, 5) is 25.6. The molecule has 14 heteroatoms. The van der Waals surface area contributed by atoms with Gasteiger partial charge in [0.05, 0.1) is 0 Å². The fourth-order valence-corrected chi connectivity index (χ4v) is 0. The molecule has 0 aliphatic rings. The second-order valence-corrected chi connectivity index (χ2v) is 1.34. The smallest absolute Gasteiger partial charge is 1.00 e. The molecule has 0 aromatic carbocycles. The molecule has 0 fully saturated rings. The van der Waals surface area contributed by atoms with Crippen LogP contribution in [-0.4, -0.2) is 60.8 Å². The molecular weight excluding hydrogens is 386 g/mol. The molecule has 0 spiro atoms. The minimum atomic E-state index is -5.39. The zero-order valence-corrected chi connectivity index (χ0v) is 22.7. The summed E-state index contributed by atoms with van der Waals surface area (Å²) in [6.45, 7) is 0. The van der Waals surface area contributed by atoms with Crippen LogP contribution in [0.4, 0.5) is 0 Å². The van der Waals surface area contributed by atoms with Crippen molar-refractivity contribution < 1.29 is 179 Å². The zero-order chi connectivity index (χ0) is 4.50. The van der Waals surface area contributed by atoms with Crippen molar-refractivity contribution in [2.24, 2.45) is 0 Å². The third-order valence-corrected chi connectivity index (χ3v) is 0. The summed E-state index contributed by atoms with van der Waals surface area (Å²) in [6.07, 6.45) is 0. The van der Waals surface area contributed by atoms with E-state index < -0.39 is 7.82 Å². The van der Waals surface area contributed by atoms with Gasteiger partial charge in [-0.15, -0.1) is 0 Å². The van der Waals surface area contributed by atoms with E-state index in [4.69, 9.17) is 19.2 Å². The van der Waals surface area contributed by atoms with Gasteiger partial charge in [-0.2, -0.15) is 7.82 Å². The maximum absolute atomic E-state index is 8.55. The van der Waals surface area contributed by atoms with Crippen molar-refractivity contribution in [3.63, 3.8) is 0 Å². The van der Waals surface area contributed by atoms with E-state index in [0.717, 1.165) is 0 Å². The normalized spacial score (nSPS) is 4.21. The van der Waals surface area contributed by atoms with Gasteiger partial charge in [-0.25, -0.2) is 0 Å². The summed E-state index contributed by atoms with van der Waals surface area (Å²) >= 11 is 0. The van der Waals surface area contributed by atoms with Crippen LogP contribution in [-0.2, 0) is 4.57 Å². The van der Waals surface area contributed by atoms with Gasteiger partial charge in [-0.3, -0.25) is 0 Å². The van der Waals surface area contributed by atoms with Gasteiger partial charge in [0, 0.05) is 0 Å². The molecule has 0 bridgehead atoms. The molecule has 0 atom stereocenters. The molecule has 0 aromatic heterocycles. The van der Waals surface area contributed by atoms with E-state index >= 15 is 0 Å². The molecule has 0 aliphatic carbocycles. The maximum atomic E-state index is 8.55. The summed E-state index contributed by atoms with van der Waals surface area (Å²) in [5, 5.41) is 0. The van der Waals surface area contributed by atoms with Crippen molar-refractivity contribution in [1.29, 1.82) is 0 Å². The van der Waals surface area contributed by atoms with E-state index in [-0.39, 0.29) is 221 Å². The Bertz CT molecular complexity index is 81.5. The summed E-state index contributed by atoms with van der Waals surface area (Å²) < 4.78 is 8.55. The molecule has 14 heavy (non-hydrogen) atoms. The molecule has 0 saturated carbocycles. The van der Waals surface area contributed by atoms with Crippen molar-refractivity contribution in [3.8, 4) is 0 Å².